The first-order valence-corrected chi connectivity index (χ1v) is 12.7. The third kappa shape index (κ3) is 5.66. The predicted octanol–water partition coefficient (Wildman–Crippen LogP) is 4.65. The van der Waals surface area contributed by atoms with Crippen molar-refractivity contribution >= 4 is 17.5 Å². The highest BCUT2D eigenvalue weighted by Crippen LogP contribution is 2.32. The van der Waals surface area contributed by atoms with Gasteiger partial charge in [0.2, 0.25) is 11.8 Å². The largest absolute Gasteiger partial charge is 0.351 e. The van der Waals surface area contributed by atoms with Gasteiger partial charge in [0, 0.05) is 29.7 Å². The van der Waals surface area contributed by atoms with E-state index in [2.05, 4.69) is 48.5 Å². The first kappa shape index (κ1) is 24.4. The molecule has 2 amide bonds. The average Bonchev–Trinajstić information content (AvgIpc) is 3.38. The van der Waals surface area contributed by atoms with Crippen LogP contribution in [-0.2, 0) is 15.0 Å². The molecule has 2 N–H and O–H groups in total. The molecule has 2 aliphatic rings. The predicted molar refractivity (Wildman–Crippen MR) is 136 cm³/mol. The second kappa shape index (κ2) is 10.7. The third-order valence-electron chi connectivity index (χ3n) is 7.07. The zero-order valence-electron chi connectivity index (χ0n) is 20.7. The number of aromatic nitrogens is 1. The Labute approximate surface area is 203 Å². The van der Waals surface area contributed by atoms with E-state index in [4.69, 9.17) is 0 Å². The average molecular weight is 463 g/mol. The van der Waals surface area contributed by atoms with Gasteiger partial charge in [-0.15, -0.1) is 0 Å². The van der Waals surface area contributed by atoms with Crippen LogP contribution in [0.3, 0.4) is 0 Å². The summed E-state index contributed by atoms with van der Waals surface area (Å²) in [5.74, 6) is -0.195. The summed E-state index contributed by atoms with van der Waals surface area (Å²) >= 11 is 0. The smallest absolute Gasteiger partial charge is 0.248 e. The molecule has 34 heavy (non-hydrogen) atoms. The maximum Gasteiger partial charge on any atom is 0.248 e. The number of amides is 2. The van der Waals surface area contributed by atoms with Crippen molar-refractivity contribution in [3.05, 3.63) is 59.9 Å². The Kier molecular flexibility index (Phi) is 7.67. The van der Waals surface area contributed by atoms with Gasteiger partial charge in [-0.3, -0.25) is 19.5 Å². The fourth-order valence-electron chi connectivity index (χ4n) is 5.07. The van der Waals surface area contributed by atoms with Gasteiger partial charge < -0.3 is 10.6 Å². The third-order valence-corrected chi connectivity index (χ3v) is 7.07. The van der Waals surface area contributed by atoms with Crippen molar-refractivity contribution in [3.8, 4) is 0 Å². The molecule has 0 spiro atoms. The molecule has 2 aromatic rings. The minimum absolute atomic E-state index is 0.00147. The normalized spacial score (nSPS) is 20.0. The number of nitrogens with one attached hydrogen (secondary N) is 2. The van der Waals surface area contributed by atoms with Gasteiger partial charge in [0.15, 0.2) is 0 Å². The van der Waals surface area contributed by atoms with Crippen LogP contribution in [0.2, 0.25) is 0 Å². The van der Waals surface area contributed by atoms with Crippen molar-refractivity contribution in [2.45, 2.75) is 89.3 Å². The minimum Gasteiger partial charge on any atom is -0.351 e. The van der Waals surface area contributed by atoms with E-state index in [0.29, 0.717) is 0 Å². The van der Waals surface area contributed by atoms with E-state index in [9.17, 15) is 9.59 Å². The fourth-order valence-corrected chi connectivity index (χ4v) is 5.07. The lowest BCUT2D eigenvalue weighted by atomic mass is 9.87. The minimum atomic E-state index is -0.772. The Balaban J connectivity index is 1.73. The molecule has 1 aliphatic heterocycles. The van der Waals surface area contributed by atoms with E-state index in [1.807, 2.05) is 24.3 Å². The SMILES string of the molecule is CC(C)(C)c1ccc(N(C(=O)C2CCCN2)C(C(=O)NC2CCCCC2)c2cccnc2)cc1. The number of rotatable bonds is 6. The Morgan fingerprint density at radius 1 is 1.03 bits per heavy atom. The van der Waals surface area contributed by atoms with Crippen LogP contribution in [0.5, 0.6) is 0 Å². The maximum atomic E-state index is 13.9. The lowest BCUT2D eigenvalue weighted by molar-refractivity contribution is -0.128. The summed E-state index contributed by atoms with van der Waals surface area (Å²) in [4.78, 5) is 33.7. The van der Waals surface area contributed by atoms with Gasteiger partial charge >= 0.3 is 0 Å². The van der Waals surface area contributed by atoms with E-state index in [1.54, 1.807) is 17.3 Å². The molecular weight excluding hydrogens is 424 g/mol. The molecule has 1 saturated heterocycles. The second-order valence-corrected chi connectivity index (χ2v) is 10.7. The van der Waals surface area contributed by atoms with Crippen LogP contribution < -0.4 is 15.5 Å². The summed E-state index contributed by atoms with van der Waals surface area (Å²) in [6, 6.07) is 10.9. The second-order valence-electron chi connectivity index (χ2n) is 10.7. The van der Waals surface area contributed by atoms with Crippen LogP contribution in [0.25, 0.3) is 0 Å². The number of pyridine rings is 1. The number of hydrogen-bond donors (Lipinski definition) is 2. The van der Waals surface area contributed by atoms with Crippen molar-refractivity contribution in [1.82, 2.24) is 15.6 Å². The quantitative estimate of drug-likeness (QED) is 0.655. The number of hydrogen-bond acceptors (Lipinski definition) is 4. The summed E-state index contributed by atoms with van der Waals surface area (Å²) in [5, 5.41) is 6.60. The van der Waals surface area contributed by atoms with Gasteiger partial charge in [0.1, 0.15) is 6.04 Å². The van der Waals surface area contributed by atoms with Gasteiger partial charge in [-0.1, -0.05) is 58.2 Å². The fraction of sp³-hybridized carbons (Fsp3) is 0.536. The maximum absolute atomic E-state index is 13.9. The first-order chi connectivity index (χ1) is 16.3. The van der Waals surface area contributed by atoms with Crippen molar-refractivity contribution in [2.75, 3.05) is 11.4 Å². The van der Waals surface area contributed by atoms with E-state index in [0.717, 1.165) is 56.3 Å². The summed E-state index contributed by atoms with van der Waals surface area (Å²) in [6.45, 7) is 7.33. The van der Waals surface area contributed by atoms with Gasteiger partial charge in [0.25, 0.3) is 0 Å². The molecular formula is C28H38N4O2. The molecule has 6 nitrogen and oxygen atoms in total. The zero-order chi connectivity index (χ0) is 24.1. The van der Waals surface area contributed by atoms with Crippen molar-refractivity contribution in [2.24, 2.45) is 0 Å². The van der Waals surface area contributed by atoms with Gasteiger partial charge in [-0.05, 0) is 61.4 Å². The van der Waals surface area contributed by atoms with Crippen LogP contribution in [0.4, 0.5) is 5.69 Å². The molecule has 2 atom stereocenters. The lowest BCUT2D eigenvalue weighted by Gasteiger charge is -2.35. The zero-order valence-corrected chi connectivity index (χ0v) is 20.7. The molecule has 1 aromatic carbocycles. The Morgan fingerprint density at radius 3 is 2.35 bits per heavy atom. The van der Waals surface area contributed by atoms with Gasteiger partial charge in [-0.25, -0.2) is 0 Å². The summed E-state index contributed by atoms with van der Waals surface area (Å²) in [6.07, 6.45) is 10.6. The van der Waals surface area contributed by atoms with Gasteiger partial charge in [-0.2, -0.15) is 0 Å². The number of anilines is 1. The highest BCUT2D eigenvalue weighted by Gasteiger charge is 2.38. The molecule has 1 aromatic heterocycles. The van der Waals surface area contributed by atoms with E-state index in [1.165, 1.54) is 12.0 Å². The van der Waals surface area contributed by atoms with E-state index >= 15 is 0 Å². The number of carbonyl (C=O) groups is 2. The monoisotopic (exact) mass is 462 g/mol. The molecule has 2 unspecified atom stereocenters. The van der Waals surface area contributed by atoms with Crippen molar-refractivity contribution < 1.29 is 9.59 Å². The first-order valence-electron chi connectivity index (χ1n) is 12.7. The number of benzene rings is 1. The van der Waals surface area contributed by atoms with Gasteiger partial charge in [0.05, 0.1) is 6.04 Å². The highest BCUT2D eigenvalue weighted by atomic mass is 16.2. The molecule has 0 bridgehead atoms. The molecule has 4 rings (SSSR count). The molecule has 2 heterocycles. The summed E-state index contributed by atoms with van der Waals surface area (Å²) in [5.41, 5.74) is 2.65. The Morgan fingerprint density at radius 2 is 1.76 bits per heavy atom. The molecule has 1 saturated carbocycles. The highest BCUT2D eigenvalue weighted by molar-refractivity contribution is 6.03. The molecule has 6 heteroatoms. The van der Waals surface area contributed by atoms with Crippen molar-refractivity contribution in [1.29, 1.82) is 0 Å². The Bertz CT molecular complexity index is 956. The lowest BCUT2D eigenvalue weighted by Crippen LogP contribution is -2.51. The van der Waals surface area contributed by atoms with E-state index in [-0.39, 0.29) is 29.3 Å². The summed E-state index contributed by atoms with van der Waals surface area (Å²) < 4.78 is 0. The molecule has 1 aliphatic carbocycles. The van der Waals surface area contributed by atoms with Crippen LogP contribution >= 0.6 is 0 Å². The summed E-state index contributed by atoms with van der Waals surface area (Å²) in [7, 11) is 0. The van der Waals surface area contributed by atoms with Crippen molar-refractivity contribution in [3.63, 3.8) is 0 Å². The Hall–Kier alpha value is -2.73. The molecule has 2 fully saturated rings. The number of nitrogens with zero attached hydrogens (tertiary/aromatic N) is 2. The molecule has 182 valence electrons. The van der Waals surface area contributed by atoms with Crippen LogP contribution in [0, 0.1) is 0 Å². The number of carbonyl (C=O) groups excluding carboxylic acids is 2. The van der Waals surface area contributed by atoms with Crippen LogP contribution in [0.1, 0.15) is 82.9 Å². The van der Waals surface area contributed by atoms with Crippen LogP contribution in [0.15, 0.2) is 48.8 Å². The van der Waals surface area contributed by atoms with E-state index < -0.39 is 6.04 Å². The van der Waals surface area contributed by atoms with Crippen LogP contribution in [-0.4, -0.2) is 35.4 Å². The standard InChI is InChI=1S/C28H38N4O2/c1-28(2,3)21-13-15-23(16-14-21)32(27(34)24-12-8-18-30-24)25(20-9-7-17-29-19-20)26(33)31-22-10-5-4-6-11-22/h7,9,13-17,19,22,24-25,30H,4-6,8,10-12,18H2,1-3H3,(H,31,33). The topological polar surface area (TPSA) is 74.3 Å². The molecule has 0 radical (unpaired) electrons.